The summed E-state index contributed by atoms with van der Waals surface area (Å²) in [6.45, 7) is 8.42. The van der Waals surface area contributed by atoms with E-state index in [1.165, 1.54) is 16.6 Å². The number of imidazole rings is 1. The minimum atomic E-state index is -0.0222. The number of ether oxygens (including phenoxy) is 1. The molecule has 0 saturated carbocycles. The van der Waals surface area contributed by atoms with Gasteiger partial charge in [-0.3, -0.25) is 4.79 Å². The third kappa shape index (κ3) is 6.50. The van der Waals surface area contributed by atoms with Gasteiger partial charge >= 0.3 is 0 Å². The van der Waals surface area contributed by atoms with Crippen LogP contribution in [0.2, 0.25) is 0 Å². The van der Waals surface area contributed by atoms with E-state index in [4.69, 9.17) is 9.72 Å². The Morgan fingerprint density at radius 2 is 1.74 bits per heavy atom. The lowest BCUT2D eigenvalue weighted by atomic mass is 10.1. The summed E-state index contributed by atoms with van der Waals surface area (Å²) in [4.78, 5) is 17.3. The summed E-state index contributed by atoms with van der Waals surface area (Å²) in [5.74, 6) is 2.02. The van der Waals surface area contributed by atoms with Gasteiger partial charge in [-0.1, -0.05) is 47.5 Å². The van der Waals surface area contributed by atoms with E-state index in [0.717, 1.165) is 54.9 Å². The van der Waals surface area contributed by atoms with Gasteiger partial charge in [0.2, 0.25) is 0 Å². The predicted molar refractivity (Wildman–Crippen MR) is 142 cm³/mol. The fraction of sp³-hybridized carbons (Fsp3) is 0.333. The first kappa shape index (κ1) is 24.5. The molecule has 0 saturated heterocycles. The largest absolute Gasteiger partial charge is 0.493 e. The number of benzene rings is 3. The number of hydrogen-bond donors (Lipinski definition) is 1. The van der Waals surface area contributed by atoms with E-state index in [1.54, 1.807) is 0 Å². The van der Waals surface area contributed by atoms with Gasteiger partial charge in [0, 0.05) is 25.1 Å². The number of rotatable bonds is 11. The van der Waals surface area contributed by atoms with Crippen molar-refractivity contribution in [3.05, 3.63) is 94.8 Å². The molecule has 1 N–H and O–H groups in total. The summed E-state index contributed by atoms with van der Waals surface area (Å²) in [5.41, 5.74) is 6.43. The first-order valence-corrected chi connectivity index (χ1v) is 12.5. The molecular weight excluding hydrogens is 434 g/mol. The van der Waals surface area contributed by atoms with Crippen LogP contribution in [-0.2, 0) is 13.0 Å². The highest BCUT2D eigenvalue weighted by molar-refractivity contribution is 5.94. The van der Waals surface area contributed by atoms with Crippen molar-refractivity contribution in [2.75, 3.05) is 13.2 Å². The second-order valence-electron chi connectivity index (χ2n) is 9.22. The van der Waals surface area contributed by atoms with Crippen LogP contribution in [0.3, 0.4) is 0 Å². The molecule has 1 amide bonds. The van der Waals surface area contributed by atoms with Crippen molar-refractivity contribution in [1.29, 1.82) is 0 Å². The Balaban J connectivity index is 1.29. The summed E-state index contributed by atoms with van der Waals surface area (Å²) in [7, 11) is 0. The van der Waals surface area contributed by atoms with Gasteiger partial charge in [0.05, 0.1) is 17.6 Å². The molecule has 0 bridgehead atoms. The molecule has 0 spiro atoms. The number of unbranched alkanes of at least 4 members (excludes halogenated alkanes) is 1. The molecule has 4 rings (SSSR count). The molecule has 0 unspecified atom stereocenters. The van der Waals surface area contributed by atoms with E-state index in [0.29, 0.717) is 18.7 Å². The zero-order chi connectivity index (χ0) is 24.6. The standard InChI is InChI=1S/C30H35N3O2/c1-22-10-8-11-25(21-22)30(34)31-17-9-14-29-32-26-12-4-5-13-27(26)33(29)18-6-7-19-35-28-16-15-23(2)20-24(28)3/h4-5,8,10-13,15-16,20-21H,6-7,9,14,17-19H2,1-3H3,(H,31,34). The van der Waals surface area contributed by atoms with Crippen LogP contribution < -0.4 is 10.1 Å². The number of fused-ring (bicyclic) bond motifs is 1. The molecule has 3 aromatic carbocycles. The molecule has 0 aliphatic carbocycles. The van der Waals surface area contributed by atoms with E-state index >= 15 is 0 Å². The Labute approximate surface area is 208 Å². The van der Waals surface area contributed by atoms with Crippen LogP contribution in [0.4, 0.5) is 0 Å². The molecular formula is C30H35N3O2. The number of nitrogens with one attached hydrogen (secondary N) is 1. The zero-order valence-electron chi connectivity index (χ0n) is 21.0. The highest BCUT2D eigenvalue weighted by Crippen LogP contribution is 2.20. The quantitative estimate of drug-likeness (QED) is 0.267. The maximum absolute atomic E-state index is 12.4. The summed E-state index contributed by atoms with van der Waals surface area (Å²) in [6, 6.07) is 22.3. The summed E-state index contributed by atoms with van der Waals surface area (Å²) in [6.07, 6.45) is 3.66. The lowest BCUT2D eigenvalue weighted by Gasteiger charge is -2.12. The lowest BCUT2D eigenvalue weighted by Crippen LogP contribution is -2.25. The van der Waals surface area contributed by atoms with Crippen molar-refractivity contribution < 1.29 is 9.53 Å². The van der Waals surface area contributed by atoms with E-state index < -0.39 is 0 Å². The van der Waals surface area contributed by atoms with Crippen LogP contribution >= 0.6 is 0 Å². The zero-order valence-corrected chi connectivity index (χ0v) is 21.0. The normalized spacial score (nSPS) is 11.1. The molecule has 0 fully saturated rings. The van der Waals surface area contributed by atoms with Crippen LogP contribution in [-0.4, -0.2) is 28.6 Å². The van der Waals surface area contributed by atoms with Crippen LogP contribution in [0.15, 0.2) is 66.7 Å². The van der Waals surface area contributed by atoms with Gasteiger partial charge in [-0.25, -0.2) is 4.98 Å². The number of nitrogens with zero attached hydrogens (tertiary/aromatic N) is 2. The topological polar surface area (TPSA) is 56.2 Å². The smallest absolute Gasteiger partial charge is 0.251 e. The minimum absolute atomic E-state index is 0.0222. The minimum Gasteiger partial charge on any atom is -0.493 e. The molecule has 0 radical (unpaired) electrons. The molecule has 1 heterocycles. The van der Waals surface area contributed by atoms with Crippen molar-refractivity contribution in [2.45, 2.75) is 53.0 Å². The Morgan fingerprint density at radius 1 is 0.914 bits per heavy atom. The van der Waals surface area contributed by atoms with E-state index in [-0.39, 0.29) is 5.91 Å². The van der Waals surface area contributed by atoms with E-state index in [1.807, 2.05) is 37.3 Å². The molecule has 0 aliphatic rings. The van der Waals surface area contributed by atoms with Gasteiger partial charge in [-0.2, -0.15) is 0 Å². The first-order valence-electron chi connectivity index (χ1n) is 12.5. The highest BCUT2D eigenvalue weighted by Gasteiger charge is 2.11. The number of amides is 1. The SMILES string of the molecule is Cc1cccc(C(=O)NCCCc2nc3ccccc3n2CCCCOc2ccc(C)cc2C)c1. The Kier molecular flexibility index (Phi) is 8.19. The number of carbonyl (C=O) groups is 1. The molecule has 182 valence electrons. The fourth-order valence-electron chi connectivity index (χ4n) is 4.42. The average molecular weight is 470 g/mol. The number of aryl methyl sites for hydroxylation is 5. The van der Waals surface area contributed by atoms with Crippen LogP contribution in [0.5, 0.6) is 5.75 Å². The summed E-state index contributed by atoms with van der Waals surface area (Å²) < 4.78 is 8.34. The van der Waals surface area contributed by atoms with Crippen LogP contribution in [0.25, 0.3) is 11.0 Å². The Hall–Kier alpha value is -3.60. The van der Waals surface area contributed by atoms with Crippen LogP contribution in [0, 0.1) is 20.8 Å². The molecule has 0 atom stereocenters. The van der Waals surface area contributed by atoms with E-state index in [9.17, 15) is 4.79 Å². The second kappa shape index (κ2) is 11.7. The maximum Gasteiger partial charge on any atom is 0.251 e. The predicted octanol–water partition coefficient (Wildman–Crippen LogP) is 6.18. The summed E-state index contributed by atoms with van der Waals surface area (Å²) >= 11 is 0. The number of para-hydroxylation sites is 2. The van der Waals surface area contributed by atoms with Crippen molar-refractivity contribution in [1.82, 2.24) is 14.9 Å². The number of hydrogen-bond acceptors (Lipinski definition) is 3. The van der Waals surface area contributed by atoms with Gasteiger partial charge < -0.3 is 14.6 Å². The molecule has 5 heteroatoms. The van der Waals surface area contributed by atoms with Crippen molar-refractivity contribution >= 4 is 16.9 Å². The maximum atomic E-state index is 12.4. The fourth-order valence-corrected chi connectivity index (χ4v) is 4.42. The third-order valence-corrected chi connectivity index (χ3v) is 6.24. The molecule has 35 heavy (non-hydrogen) atoms. The number of carbonyl (C=O) groups excluding carboxylic acids is 1. The Bertz CT molecular complexity index is 1290. The molecule has 5 nitrogen and oxygen atoms in total. The van der Waals surface area contributed by atoms with E-state index in [2.05, 4.69) is 60.1 Å². The molecule has 4 aromatic rings. The Morgan fingerprint density at radius 3 is 2.57 bits per heavy atom. The van der Waals surface area contributed by atoms with Crippen LogP contribution in [0.1, 0.15) is 52.1 Å². The molecule has 0 aliphatic heterocycles. The first-order chi connectivity index (χ1) is 17.0. The monoisotopic (exact) mass is 469 g/mol. The van der Waals surface area contributed by atoms with Gasteiger partial charge in [0.1, 0.15) is 11.6 Å². The molecule has 1 aromatic heterocycles. The highest BCUT2D eigenvalue weighted by atomic mass is 16.5. The number of aromatic nitrogens is 2. The average Bonchev–Trinajstić information content (AvgIpc) is 3.20. The van der Waals surface area contributed by atoms with Gasteiger partial charge in [0.25, 0.3) is 5.91 Å². The van der Waals surface area contributed by atoms with Gasteiger partial charge in [0.15, 0.2) is 0 Å². The van der Waals surface area contributed by atoms with Gasteiger partial charge in [-0.15, -0.1) is 0 Å². The third-order valence-electron chi connectivity index (χ3n) is 6.24. The van der Waals surface area contributed by atoms with Gasteiger partial charge in [-0.05, 0) is 75.9 Å². The van der Waals surface area contributed by atoms with Crippen molar-refractivity contribution in [3.63, 3.8) is 0 Å². The summed E-state index contributed by atoms with van der Waals surface area (Å²) in [5, 5.41) is 3.04. The lowest BCUT2D eigenvalue weighted by molar-refractivity contribution is 0.0953. The van der Waals surface area contributed by atoms with Crippen molar-refractivity contribution in [2.24, 2.45) is 0 Å². The second-order valence-corrected chi connectivity index (χ2v) is 9.22. The van der Waals surface area contributed by atoms with Crippen molar-refractivity contribution in [3.8, 4) is 5.75 Å².